The van der Waals surface area contributed by atoms with Crippen molar-refractivity contribution in [1.82, 2.24) is 29.2 Å². The Balaban J connectivity index is 1.38. The van der Waals surface area contributed by atoms with Gasteiger partial charge in [0, 0.05) is 38.9 Å². The summed E-state index contributed by atoms with van der Waals surface area (Å²) >= 11 is 0. The Morgan fingerprint density at radius 3 is 2.52 bits per heavy atom. The third kappa shape index (κ3) is 4.70. The highest BCUT2D eigenvalue weighted by molar-refractivity contribution is 5.76. The zero-order valence-electron chi connectivity index (χ0n) is 20.5. The number of fused-ring (bicyclic) bond motifs is 1. The standard InChI is InChI=1S/C27H38N6/c1-21-9-7-14-28-26(21)24-12-6-13-25(31(24)3)27-29-22-10-4-5-11-23(22)33(27)16-8-15-32-19-17-30(2)18-20-32/h4-5,7,9-11,14,24-25H,6,8,12-13,15-20H2,1-3H3/t24-,25+/m0/s1. The van der Waals surface area contributed by atoms with Gasteiger partial charge in [-0.2, -0.15) is 0 Å². The summed E-state index contributed by atoms with van der Waals surface area (Å²) in [7, 11) is 4.50. The Hall–Kier alpha value is -2.28. The Kier molecular flexibility index (Phi) is 6.76. The van der Waals surface area contributed by atoms with Crippen molar-refractivity contribution < 1.29 is 0 Å². The van der Waals surface area contributed by atoms with Gasteiger partial charge in [-0.15, -0.1) is 0 Å². The van der Waals surface area contributed by atoms with Crippen LogP contribution in [-0.2, 0) is 6.54 Å². The fourth-order valence-electron chi connectivity index (χ4n) is 5.72. The van der Waals surface area contributed by atoms with Crippen molar-refractivity contribution in [2.45, 2.75) is 51.2 Å². The van der Waals surface area contributed by atoms with Gasteiger partial charge >= 0.3 is 0 Å². The molecule has 0 N–H and O–H groups in total. The van der Waals surface area contributed by atoms with Gasteiger partial charge in [0.1, 0.15) is 5.82 Å². The van der Waals surface area contributed by atoms with Crippen LogP contribution in [0, 0.1) is 6.92 Å². The fraction of sp³-hybridized carbons (Fsp3) is 0.556. The number of nitrogens with zero attached hydrogens (tertiary/aromatic N) is 6. The van der Waals surface area contributed by atoms with Crippen LogP contribution in [0.4, 0.5) is 0 Å². The monoisotopic (exact) mass is 446 g/mol. The van der Waals surface area contributed by atoms with Gasteiger partial charge in [0.2, 0.25) is 0 Å². The van der Waals surface area contributed by atoms with E-state index >= 15 is 0 Å². The molecule has 0 bridgehead atoms. The van der Waals surface area contributed by atoms with Crippen LogP contribution >= 0.6 is 0 Å². The summed E-state index contributed by atoms with van der Waals surface area (Å²) in [6.45, 7) is 9.11. The predicted molar refractivity (Wildman–Crippen MR) is 134 cm³/mol. The molecule has 0 radical (unpaired) electrons. The van der Waals surface area contributed by atoms with Gasteiger partial charge in [0.05, 0.1) is 28.8 Å². The molecular weight excluding hydrogens is 408 g/mol. The molecule has 2 atom stereocenters. The largest absolute Gasteiger partial charge is 0.327 e. The van der Waals surface area contributed by atoms with E-state index < -0.39 is 0 Å². The van der Waals surface area contributed by atoms with Crippen molar-refractivity contribution >= 4 is 11.0 Å². The first-order valence-corrected chi connectivity index (χ1v) is 12.6. The van der Waals surface area contributed by atoms with Crippen molar-refractivity contribution in [3.63, 3.8) is 0 Å². The van der Waals surface area contributed by atoms with Gasteiger partial charge in [-0.3, -0.25) is 9.88 Å². The van der Waals surface area contributed by atoms with E-state index in [2.05, 4.69) is 70.6 Å². The highest BCUT2D eigenvalue weighted by Crippen LogP contribution is 2.41. The number of piperazine rings is 1. The molecule has 4 heterocycles. The molecule has 0 spiro atoms. The van der Waals surface area contributed by atoms with Gasteiger partial charge in [-0.05, 0) is 77.0 Å². The summed E-state index contributed by atoms with van der Waals surface area (Å²) < 4.78 is 2.51. The molecule has 2 aromatic heterocycles. The number of aryl methyl sites for hydroxylation is 2. The quantitative estimate of drug-likeness (QED) is 0.565. The third-order valence-electron chi connectivity index (χ3n) is 7.74. The van der Waals surface area contributed by atoms with Crippen molar-refractivity contribution in [2.75, 3.05) is 46.8 Å². The van der Waals surface area contributed by atoms with Gasteiger partial charge in [0.15, 0.2) is 0 Å². The summed E-state index contributed by atoms with van der Waals surface area (Å²) in [4.78, 5) is 17.6. The Morgan fingerprint density at radius 2 is 1.70 bits per heavy atom. The van der Waals surface area contributed by atoms with Crippen LogP contribution in [0.3, 0.4) is 0 Å². The zero-order valence-corrected chi connectivity index (χ0v) is 20.5. The highest BCUT2D eigenvalue weighted by atomic mass is 15.3. The molecule has 6 heteroatoms. The molecule has 0 unspecified atom stereocenters. The molecule has 2 fully saturated rings. The number of imidazole rings is 1. The van der Waals surface area contributed by atoms with Crippen molar-refractivity contribution in [3.8, 4) is 0 Å². The van der Waals surface area contributed by atoms with E-state index in [1.54, 1.807) is 0 Å². The average Bonchev–Trinajstić information content (AvgIpc) is 3.19. The number of rotatable bonds is 6. The lowest BCUT2D eigenvalue weighted by Crippen LogP contribution is -2.44. The number of likely N-dealkylation sites (tertiary alicyclic amines) is 1. The molecule has 0 aliphatic carbocycles. The summed E-state index contributed by atoms with van der Waals surface area (Å²) in [5.41, 5.74) is 4.91. The number of hydrogen-bond donors (Lipinski definition) is 0. The van der Waals surface area contributed by atoms with E-state index in [-0.39, 0.29) is 0 Å². The second kappa shape index (κ2) is 9.92. The van der Waals surface area contributed by atoms with Gasteiger partial charge in [0.25, 0.3) is 0 Å². The molecule has 3 aromatic rings. The number of pyridine rings is 1. The second-order valence-corrected chi connectivity index (χ2v) is 9.94. The van der Waals surface area contributed by atoms with Crippen LogP contribution in [0.2, 0.25) is 0 Å². The minimum absolute atomic E-state index is 0.321. The smallest absolute Gasteiger partial charge is 0.127 e. The molecule has 2 aliphatic heterocycles. The van der Waals surface area contributed by atoms with Crippen LogP contribution in [0.5, 0.6) is 0 Å². The maximum Gasteiger partial charge on any atom is 0.127 e. The van der Waals surface area contributed by atoms with E-state index in [1.807, 2.05) is 12.3 Å². The summed E-state index contributed by atoms with van der Waals surface area (Å²) in [5.74, 6) is 1.23. The Morgan fingerprint density at radius 1 is 0.909 bits per heavy atom. The molecule has 0 saturated carbocycles. The van der Waals surface area contributed by atoms with E-state index in [0.717, 1.165) is 37.9 Å². The first-order chi connectivity index (χ1) is 16.1. The SMILES string of the molecule is Cc1cccnc1[C@@H]1CCC[C@H](c2nc3ccccc3n2CCCN2CCN(C)CC2)N1C. The fourth-order valence-corrected chi connectivity index (χ4v) is 5.72. The summed E-state index contributed by atoms with van der Waals surface area (Å²) in [6, 6.07) is 13.6. The minimum Gasteiger partial charge on any atom is -0.327 e. The van der Waals surface area contributed by atoms with Gasteiger partial charge < -0.3 is 14.4 Å². The van der Waals surface area contributed by atoms with Crippen molar-refractivity contribution in [3.05, 3.63) is 59.7 Å². The molecule has 0 amide bonds. The number of benzene rings is 1. The first kappa shape index (κ1) is 22.5. The molecule has 5 rings (SSSR count). The lowest BCUT2D eigenvalue weighted by molar-refractivity contribution is 0.103. The molecule has 2 aliphatic rings. The first-order valence-electron chi connectivity index (χ1n) is 12.6. The molecular formula is C27H38N6. The lowest BCUT2D eigenvalue weighted by Gasteiger charge is -2.39. The van der Waals surface area contributed by atoms with E-state index in [0.29, 0.717) is 12.1 Å². The van der Waals surface area contributed by atoms with Crippen molar-refractivity contribution in [2.24, 2.45) is 0 Å². The molecule has 1 aromatic carbocycles. The van der Waals surface area contributed by atoms with E-state index in [9.17, 15) is 0 Å². The molecule has 6 nitrogen and oxygen atoms in total. The van der Waals surface area contributed by atoms with Crippen LogP contribution in [-0.4, -0.2) is 76.1 Å². The topological polar surface area (TPSA) is 40.4 Å². The maximum atomic E-state index is 5.19. The third-order valence-corrected chi connectivity index (χ3v) is 7.74. The zero-order chi connectivity index (χ0) is 22.8. The lowest BCUT2D eigenvalue weighted by atomic mass is 9.92. The van der Waals surface area contributed by atoms with Crippen LogP contribution in [0.15, 0.2) is 42.6 Å². The number of likely N-dealkylation sites (N-methyl/N-ethyl adjacent to an activating group) is 1. The summed E-state index contributed by atoms with van der Waals surface area (Å²) in [6.07, 6.45) is 6.62. The molecule has 176 valence electrons. The minimum atomic E-state index is 0.321. The number of hydrogen-bond acceptors (Lipinski definition) is 5. The van der Waals surface area contributed by atoms with E-state index in [1.165, 1.54) is 55.2 Å². The Bertz CT molecular complexity index is 1070. The molecule has 33 heavy (non-hydrogen) atoms. The van der Waals surface area contributed by atoms with Crippen molar-refractivity contribution in [1.29, 1.82) is 0 Å². The summed E-state index contributed by atoms with van der Waals surface area (Å²) in [5, 5.41) is 0. The average molecular weight is 447 g/mol. The van der Waals surface area contributed by atoms with Crippen LogP contribution < -0.4 is 0 Å². The highest BCUT2D eigenvalue weighted by Gasteiger charge is 2.34. The number of aromatic nitrogens is 3. The predicted octanol–water partition coefficient (Wildman–Crippen LogP) is 4.28. The maximum absolute atomic E-state index is 5.19. The second-order valence-electron chi connectivity index (χ2n) is 9.94. The van der Waals surface area contributed by atoms with E-state index in [4.69, 9.17) is 9.97 Å². The molecule has 2 saturated heterocycles. The van der Waals surface area contributed by atoms with Gasteiger partial charge in [-0.25, -0.2) is 4.98 Å². The number of para-hydroxylation sites is 2. The Labute approximate surface area is 198 Å². The van der Waals surface area contributed by atoms with Crippen LogP contribution in [0.1, 0.15) is 54.8 Å². The van der Waals surface area contributed by atoms with Gasteiger partial charge in [-0.1, -0.05) is 18.2 Å². The number of piperidine rings is 1. The van der Waals surface area contributed by atoms with Crippen LogP contribution in [0.25, 0.3) is 11.0 Å². The normalized spacial score (nSPS) is 23.4.